The van der Waals surface area contributed by atoms with Crippen LogP contribution in [0.15, 0.2) is 30.3 Å². The highest BCUT2D eigenvalue weighted by atomic mass is 35.5. The van der Waals surface area contributed by atoms with E-state index in [0.717, 1.165) is 17.2 Å². The summed E-state index contributed by atoms with van der Waals surface area (Å²) in [6, 6.07) is 8.95. The average molecular weight is 268 g/mol. The van der Waals surface area contributed by atoms with E-state index in [-0.39, 0.29) is 11.9 Å². The molecule has 1 aromatic carbocycles. The first-order valence-electron chi connectivity index (χ1n) is 5.53. The number of benzene rings is 1. The first kappa shape index (κ1) is 11.1. The zero-order chi connectivity index (χ0) is 11.8. The fourth-order valence-corrected chi connectivity index (χ4v) is 3.60. The van der Waals surface area contributed by atoms with E-state index in [1.807, 2.05) is 12.1 Å². The lowest BCUT2D eigenvalue weighted by Crippen LogP contribution is -2.07. The highest BCUT2D eigenvalue weighted by molar-refractivity contribution is 7.16. The molecule has 17 heavy (non-hydrogen) atoms. The zero-order valence-electron chi connectivity index (χ0n) is 9.04. The van der Waals surface area contributed by atoms with Crippen LogP contribution in [0.3, 0.4) is 0 Å². The second kappa shape index (κ2) is 4.31. The van der Waals surface area contributed by atoms with Crippen LogP contribution in [0, 0.1) is 5.82 Å². The molecule has 0 amide bonds. The van der Waals surface area contributed by atoms with Crippen LogP contribution in [-0.4, -0.2) is 0 Å². The van der Waals surface area contributed by atoms with Crippen LogP contribution in [0.4, 0.5) is 10.1 Å². The Balaban J connectivity index is 1.86. The smallest absolute Gasteiger partial charge is 0.146 e. The molecule has 0 radical (unpaired) electrons. The second-order valence-corrected chi connectivity index (χ2v) is 5.91. The number of hydrogen-bond donors (Lipinski definition) is 1. The van der Waals surface area contributed by atoms with Crippen molar-refractivity contribution in [3.05, 3.63) is 50.9 Å². The number of para-hydroxylation sites is 1. The van der Waals surface area contributed by atoms with Gasteiger partial charge in [-0.15, -0.1) is 11.3 Å². The SMILES string of the molecule is Fc1ccccc1NC1CCc2sc(Cl)cc21. The van der Waals surface area contributed by atoms with Gasteiger partial charge in [-0.3, -0.25) is 0 Å². The standard InChI is InChI=1S/C13H11ClFNS/c14-13-7-8-10(5-6-12(8)17-13)16-11-4-2-1-3-9(11)15/h1-4,7,10,16H,5-6H2. The summed E-state index contributed by atoms with van der Waals surface area (Å²) < 4.78 is 14.4. The highest BCUT2D eigenvalue weighted by Gasteiger charge is 2.25. The fourth-order valence-electron chi connectivity index (χ4n) is 2.25. The molecule has 0 bridgehead atoms. The molecule has 88 valence electrons. The Bertz CT molecular complexity index is 552. The van der Waals surface area contributed by atoms with Crippen LogP contribution >= 0.6 is 22.9 Å². The van der Waals surface area contributed by atoms with Gasteiger partial charge < -0.3 is 5.32 Å². The molecule has 2 aromatic rings. The van der Waals surface area contributed by atoms with Crippen molar-refractivity contribution in [1.82, 2.24) is 0 Å². The van der Waals surface area contributed by atoms with Gasteiger partial charge in [-0.2, -0.15) is 0 Å². The highest BCUT2D eigenvalue weighted by Crippen LogP contribution is 2.41. The lowest BCUT2D eigenvalue weighted by molar-refractivity contribution is 0.625. The van der Waals surface area contributed by atoms with E-state index < -0.39 is 0 Å². The summed E-state index contributed by atoms with van der Waals surface area (Å²) in [5.41, 5.74) is 1.79. The van der Waals surface area contributed by atoms with Gasteiger partial charge in [-0.1, -0.05) is 23.7 Å². The molecule has 0 spiro atoms. The van der Waals surface area contributed by atoms with Gasteiger partial charge in [-0.05, 0) is 36.6 Å². The molecule has 1 atom stereocenters. The van der Waals surface area contributed by atoms with Crippen molar-refractivity contribution in [2.75, 3.05) is 5.32 Å². The summed E-state index contributed by atoms with van der Waals surface area (Å²) in [5, 5.41) is 3.25. The summed E-state index contributed by atoms with van der Waals surface area (Å²) in [4.78, 5) is 1.32. The third-order valence-electron chi connectivity index (χ3n) is 3.05. The van der Waals surface area contributed by atoms with Crippen LogP contribution in [0.25, 0.3) is 0 Å². The zero-order valence-corrected chi connectivity index (χ0v) is 10.6. The van der Waals surface area contributed by atoms with E-state index in [9.17, 15) is 4.39 Å². The summed E-state index contributed by atoms with van der Waals surface area (Å²) >= 11 is 7.62. The topological polar surface area (TPSA) is 12.0 Å². The predicted octanol–water partition coefficient (Wildman–Crippen LogP) is 4.64. The van der Waals surface area contributed by atoms with Crippen molar-refractivity contribution >= 4 is 28.6 Å². The number of hydrogen-bond acceptors (Lipinski definition) is 2. The van der Waals surface area contributed by atoms with Crippen molar-refractivity contribution in [3.8, 4) is 0 Å². The van der Waals surface area contributed by atoms with Crippen molar-refractivity contribution in [3.63, 3.8) is 0 Å². The molecule has 1 unspecified atom stereocenters. The van der Waals surface area contributed by atoms with Gasteiger partial charge in [0, 0.05) is 4.88 Å². The van der Waals surface area contributed by atoms with Gasteiger partial charge >= 0.3 is 0 Å². The molecule has 0 aliphatic heterocycles. The number of anilines is 1. The number of fused-ring (bicyclic) bond motifs is 1. The lowest BCUT2D eigenvalue weighted by Gasteiger charge is -2.14. The molecule has 0 fully saturated rings. The van der Waals surface area contributed by atoms with Gasteiger partial charge in [0.1, 0.15) is 5.82 Å². The van der Waals surface area contributed by atoms with Crippen molar-refractivity contribution in [1.29, 1.82) is 0 Å². The number of nitrogens with one attached hydrogen (secondary N) is 1. The van der Waals surface area contributed by atoms with Crippen molar-refractivity contribution in [2.24, 2.45) is 0 Å². The van der Waals surface area contributed by atoms with Crippen LogP contribution in [0.5, 0.6) is 0 Å². The Hall–Kier alpha value is -1.06. The number of aryl methyl sites for hydroxylation is 1. The van der Waals surface area contributed by atoms with Gasteiger partial charge in [0.25, 0.3) is 0 Å². The van der Waals surface area contributed by atoms with Gasteiger partial charge in [0.05, 0.1) is 16.1 Å². The molecular weight excluding hydrogens is 257 g/mol. The molecule has 3 rings (SSSR count). The maximum absolute atomic E-state index is 13.5. The first-order chi connectivity index (χ1) is 8.24. The molecule has 1 aliphatic rings. The van der Waals surface area contributed by atoms with E-state index in [1.165, 1.54) is 16.5 Å². The molecule has 1 heterocycles. The van der Waals surface area contributed by atoms with Gasteiger partial charge in [0.15, 0.2) is 0 Å². The van der Waals surface area contributed by atoms with Crippen molar-refractivity contribution in [2.45, 2.75) is 18.9 Å². The van der Waals surface area contributed by atoms with Gasteiger partial charge in [0.2, 0.25) is 0 Å². The minimum absolute atomic E-state index is 0.186. The summed E-state index contributed by atoms with van der Waals surface area (Å²) in [6.45, 7) is 0. The van der Waals surface area contributed by atoms with E-state index >= 15 is 0 Å². The van der Waals surface area contributed by atoms with E-state index in [2.05, 4.69) is 5.32 Å². The monoisotopic (exact) mass is 267 g/mol. The van der Waals surface area contributed by atoms with Crippen LogP contribution in [0.2, 0.25) is 4.34 Å². The number of thiophene rings is 1. The molecule has 1 aromatic heterocycles. The fraction of sp³-hybridized carbons (Fsp3) is 0.231. The minimum Gasteiger partial charge on any atom is -0.376 e. The van der Waals surface area contributed by atoms with E-state index in [4.69, 9.17) is 11.6 Å². The van der Waals surface area contributed by atoms with E-state index in [0.29, 0.717) is 5.69 Å². The third-order valence-corrected chi connectivity index (χ3v) is 4.39. The number of halogens is 2. The van der Waals surface area contributed by atoms with Crippen LogP contribution in [0.1, 0.15) is 22.9 Å². The Labute approximate surface area is 108 Å². The predicted molar refractivity (Wildman–Crippen MR) is 70.4 cm³/mol. The second-order valence-electron chi connectivity index (χ2n) is 4.14. The maximum Gasteiger partial charge on any atom is 0.146 e. The molecule has 1 aliphatic carbocycles. The summed E-state index contributed by atoms with van der Waals surface area (Å²) in [6.07, 6.45) is 2.03. The lowest BCUT2D eigenvalue weighted by atomic mass is 10.1. The van der Waals surface area contributed by atoms with Crippen molar-refractivity contribution < 1.29 is 4.39 Å². The maximum atomic E-state index is 13.5. The van der Waals surface area contributed by atoms with E-state index in [1.54, 1.807) is 23.5 Å². The molecule has 4 heteroatoms. The summed E-state index contributed by atoms with van der Waals surface area (Å²) in [5.74, 6) is -0.206. The Morgan fingerprint density at radius 1 is 1.35 bits per heavy atom. The Morgan fingerprint density at radius 3 is 3.00 bits per heavy atom. The Kier molecular flexibility index (Phi) is 2.81. The number of rotatable bonds is 2. The van der Waals surface area contributed by atoms with Gasteiger partial charge in [-0.25, -0.2) is 4.39 Å². The van der Waals surface area contributed by atoms with Crippen LogP contribution in [-0.2, 0) is 6.42 Å². The molecular formula is C13H11ClFNS. The third kappa shape index (κ3) is 2.05. The summed E-state index contributed by atoms with van der Waals surface area (Å²) in [7, 11) is 0. The normalized spacial score (nSPS) is 18.1. The first-order valence-corrected chi connectivity index (χ1v) is 6.72. The Morgan fingerprint density at radius 2 is 2.18 bits per heavy atom. The molecule has 1 nitrogen and oxygen atoms in total. The molecule has 0 saturated carbocycles. The largest absolute Gasteiger partial charge is 0.376 e. The quantitative estimate of drug-likeness (QED) is 0.836. The minimum atomic E-state index is -0.206. The average Bonchev–Trinajstić information content (AvgIpc) is 2.82. The molecule has 0 saturated heterocycles. The van der Waals surface area contributed by atoms with Crippen LogP contribution < -0.4 is 5.32 Å². The molecule has 1 N–H and O–H groups in total.